The van der Waals surface area contributed by atoms with Crippen LogP contribution < -0.4 is 0 Å². The third kappa shape index (κ3) is 10.4. The van der Waals surface area contributed by atoms with Crippen molar-refractivity contribution in [3.63, 3.8) is 0 Å². The number of hydrogen-bond acceptors (Lipinski definition) is 0. The van der Waals surface area contributed by atoms with Gasteiger partial charge in [0, 0.05) is 13.9 Å². The van der Waals surface area contributed by atoms with Crippen LogP contribution in [0.25, 0.3) is 0 Å². The minimum Gasteiger partial charge on any atom is -0.0654 e. The van der Waals surface area contributed by atoms with E-state index in [-0.39, 0.29) is 0 Å². The maximum Gasteiger partial charge on any atom is 0.0591 e. The highest BCUT2D eigenvalue weighted by atomic mass is 31.2. The van der Waals surface area contributed by atoms with E-state index >= 15 is 0 Å². The molecule has 0 atom stereocenters. The largest absolute Gasteiger partial charge is 0.0654 e. The fourth-order valence-electron chi connectivity index (χ4n) is 2.52. The summed E-state index contributed by atoms with van der Waals surface area (Å²) in [6.45, 7) is 9.66. The normalized spacial score (nSPS) is 12.0. The van der Waals surface area contributed by atoms with Gasteiger partial charge in [-0.15, -0.1) is 0 Å². The van der Waals surface area contributed by atoms with Gasteiger partial charge in [0.25, 0.3) is 0 Å². The van der Waals surface area contributed by atoms with Gasteiger partial charge in [0.15, 0.2) is 0 Å². The van der Waals surface area contributed by atoms with Gasteiger partial charge in [-0.05, 0) is 26.7 Å². The molecule has 0 unspecified atom stereocenters. The Labute approximate surface area is 118 Å². The second kappa shape index (κ2) is 12.5. The highest BCUT2D eigenvalue weighted by molar-refractivity contribution is 7.75. The van der Waals surface area contributed by atoms with Gasteiger partial charge in [-0.2, -0.15) is 0 Å². The van der Waals surface area contributed by atoms with Crippen LogP contribution in [0.5, 0.6) is 0 Å². The summed E-state index contributed by atoms with van der Waals surface area (Å²) < 4.78 is 0. The molecule has 0 amide bonds. The highest BCUT2D eigenvalue weighted by Crippen LogP contribution is 2.54. The van der Waals surface area contributed by atoms with E-state index in [1.54, 1.807) is 6.16 Å². The molecule has 0 spiro atoms. The Kier molecular flexibility index (Phi) is 12.8. The van der Waals surface area contributed by atoms with E-state index in [4.69, 9.17) is 0 Å². The van der Waals surface area contributed by atoms with Crippen LogP contribution in [0.15, 0.2) is 0 Å². The van der Waals surface area contributed by atoms with Gasteiger partial charge in [-0.1, -0.05) is 58.3 Å². The Morgan fingerprint density at radius 1 is 0.556 bits per heavy atom. The molecule has 0 nitrogen and oxygen atoms in total. The molecule has 0 aliphatic rings. The Bertz CT molecular complexity index is 161. The Morgan fingerprint density at radius 3 is 1.33 bits per heavy atom. The molecular formula is C17H38P+. The number of hydrogen-bond donors (Lipinski definition) is 0. The lowest BCUT2D eigenvalue weighted by Gasteiger charge is -2.19. The smallest absolute Gasteiger partial charge is 0.0591 e. The third-order valence-corrected chi connectivity index (χ3v) is 9.03. The standard InChI is InChI=1S/C17H38P/c1-5-8-9-10-11-12-13-14-15-16-17-18(4,6-2)7-3/h5-17H2,1-4H3/q+1. The van der Waals surface area contributed by atoms with Crippen LogP contribution in [0.3, 0.4) is 0 Å². The van der Waals surface area contributed by atoms with Crippen LogP contribution >= 0.6 is 7.26 Å². The summed E-state index contributed by atoms with van der Waals surface area (Å²) in [5, 5.41) is 0. The molecule has 0 aromatic rings. The van der Waals surface area contributed by atoms with Crippen LogP contribution in [0.4, 0.5) is 0 Å². The fourth-order valence-corrected chi connectivity index (χ4v) is 4.59. The van der Waals surface area contributed by atoms with Crippen molar-refractivity contribution in [2.75, 3.05) is 25.2 Å². The summed E-state index contributed by atoms with van der Waals surface area (Å²) in [7, 11) is -0.505. The van der Waals surface area contributed by atoms with Gasteiger partial charge >= 0.3 is 0 Å². The highest BCUT2D eigenvalue weighted by Gasteiger charge is 2.25. The van der Waals surface area contributed by atoms with Crippen LogP contribution in [-0.2, 0) is 0 Å². The second-order valence-corrected chi connectivity index (χ2v) is 11.1. The van der Waals surface area contributed by atoms with Crippen molar-refractivity contribution in [3.05, 3.63) is 0 Å². The average Bonchev–Trinajstić information content (AvgIpc) is 2.40. The maximum atomic E-state index is 2.57. The summed E-state index contributed by atoms with van der Waals surface area (Å²) in [5.41, 5.74) is 0. The van der Waals surface area contributed by atoms with E-state index < -0.39 is 7.26 Å². The van der Waals surface area contributed by atoms with Crippen LogP contribution in [0.2, 0.25) is 0 Å². The fraction of sp³-hybridized carbons (Fsp3) is 1.00. The van der Waals surface area contributed by atoms with Crippen molar-refractivity contribution < 1.29 is 0 Å². The predicted octanol–water partition coefficient (Wildman–Crippen LogP) is 6.59. The molecule has 110 valence electrons. The van der Waals surface area contributed by atoms with Crippen molar-refractivity contribution in [3.8, 4) is 0 Å². The van der Waals surface area contributed by atoms with Crippen LogP contribution in [0, 0.1) is 0 Å². The molecule has 0 N–H and O–H groups in total. The zero-order valence-corrected chi connectivity index (χ0v) is 14.5. The molecule has 0 radical (unpaired) electrons. The molecule has 0 aliphatic carbocycles. The second-order valence-electron chi connectivity index (χ2n) is 6.16. The van der Waals surface area contributed by atoms with Crippen molar-refractivity contribution in [1.82, 2.24) is 0 Å². The lowest BCUT2D eigenvalue weighted by Crippen LogP contribution is -2.02. The summed E-state index contributed by atoms with van der Waals surface area (Å²) in [6, 6.07) is 0. The molecule has 0 aliphatic heterocycles. The lowest BCUT2D eigenvalue weighted by molar-refractivity contribution is 0.562. The molecule has 0 aromatic carbocycles. The minimum atomic E-state index is -0.505. The quantitative estimate of drug-likeness (QED) is 0.262. The van der Waals surface area contributed by atoms with E-state index in [1.165, 1.54) is 76.5 Å². The molecule has 1 heteroatoms. The van der Waals surface area contributed by atoms with E-state index in [2.05, 4.69) is 27.4 Å². The summed E-state index contributed by atoms with van der Waals surface area (Å²) >= 11 is 0. The summed E-state index contributed by atoms with van der Waals surface area (Å²) in [4.78, 5) is 0. The molecule has 0 saturated carbocycles. The first-order valence-electron chi connectivity index (χ1n) is 8.52. The Morgan fingerprint density at radius 2 is 0.944 bits per heavy atom. The zero-order valence-electron chi connectivity index (χ0n) is 13.6. The molecule has 18 heavy (non-hydrogen) atoms. The zero-order chi connectivity index (χ0) is 13.7. The molecular weight excluding hydrogens is 235 g/mol. The number of rotatable bonds is 13. The van der Waals surface area contributed by atoms with E-state index in [1.807, 2.05) is 0 Å². The third-order valence-electron chi connectivity index (χ3n) is 4.58. The maximum absolute atomic E-state index is 2.57. The molecule has 0 aromatic heterocycles. The van der Waals surface area contributed by atoms with E-state index in [0.29, 0.717) is 0 Å². The molecule has 0 heterocycles. The van der Waals surface area contributed by atoms with Gasteiger partial charge < -0.3 is 0 Å². The molecule has 0 rings (SSSR count). The van der Waals surface area contributed by atoms with Gasteiger partial charge in [-0.3, -0.25) is 0 Å². The van der Waals surface area contributed by atoms with Crippen molar-refractivity contribution in [2.24, 2.45) is 0 Å². The van der Waals surface area contributed by atoms with E-state index in [0.717, 1.165) is 0 Å². The van der Waals surface area contributed by atoms with Gasteiger partial charge in [0.1, 0.15) is 0 Å². The van der Waals surface area contributed by atoms with E-state index in [9.17, 15) is 0 Å². The Balaban J connectivity index is 3.21. The van der Waals surface area contributed by atoms with Crippen molar-refractivity contribution in [1.29, 1.82) is 0 Å². The summed E-state index contributed by atoms with van der Waals surface area (Å²) in [5.74, 6) is 0. The predicted molar refractivity (Wildman–Crippen MR) is 90.6 cm³/mol. The first-order valence-corrected chi connectivity index (χ1v) is 11.3. The van der Waals surface area contributed by atoms with Crippen molar-refractivity contribution >= 4 is 7.26 Å². The SMILES string of the molecule is CCCCCCCCCCCC[P+](C)(CC)CC. The van der Waals surface area contributed by atoms with Crippen LogP contribution in [-0.4, -0.2) is 25.2 Å². The molecule has 0 bridgehead atoms. The van der Waals surface area contributed by atoms with Crippen molar-refractivity contribution in [2.45, 2.75) is 85.0 Å². The minimum absolute atomic E-state index is 0.505. The monoisotopic (exact) mass is 273 g/mol. The van der Waals surface area contributed by atoms with Gasteiger partial charge in [0.05, 0.1) is 18.5 Å². The van der Waals surface area contributed by atoms with Gasteiger partial charge in [-0.25, -0.2) is 0 Å². The first kappa shape index (κ1) is 18.4. The van der Waals surface area contributed by atoms with Gasteiger partial charge in [0.2, 0.25) is 0 Å². The number of unbranched alkanes of at least 4 members (excludes halogenated alkanes) is 9. The Hall–Kier alpha value is 0.430. The first-order chi connectivity index (χ1) is 8.68. The topological polar surface area (TPSA) is 0 Å². The molecule has 0 saturated heterocycles. The average molecular weight is 273 g/mol. The van der Waals surface area contributed by atoms with Crippen LogP contribution in [0.1, 0.15) is 85.0 Å². The lowest BCUT2D eigenvalue weighted by atomic mass is 10.1. The molecule has 0 fully saturated rings. The summed E-state index contributed by atoms with van der Waals surface area (Å²) in [6.07, 6.45) is 19.2.